The highest BCUT2D eigenvalue weighted by Crippen LogP contribution is 2.25. The summed E-state index contributed by atoms with van der Waals surface area (Å²) in [6.07, 6.45) is 2.49. The Morgan fingerprint density at radius 1 is 1.00 bits per heavy atom. The van der Waals surface area contributed by atoms with Gasteiger partial charge in [-0.05, 0) is 55.3 Å². The van der Waals surface area contributed by atoms with Crippen molar-refractivity contribution in [2.24, 2.45) is 5.92 Å². The number of likely N-dealkylation sites (tertiary alicyclic amines) is 1. The Morgan fingerprint density at radius 3 is 2.08 bits per heavy atom. The maximum absolute atomic E-state index is 11.8. The molecule has 2 aromatic rings. The minimum absolute atomic E-state index is 0.0215. The zero-order valence-electron chi connectivity index (χ0n) is 15.9. The van der Waals surface area contributed by atoms with E-state index in [9.17, 15) is 4.79 Å². The number of nitrogens with zero attached hydrogens (tertiary/aromatic N) is 1. The van der Waals surface area contributed by atoms with Gasteiger partial charge in [-0.2, -0.15) is 0 Å². The third-order valence-corrected chi connectivity index (χ3v) is 4.83. The fourth-order valence-electron chi connectivity index (χ4n) is 3.05. The lowest BCUT2D eigenvalue weighted by Crippen LogP contribution is -2.35. The molecule has 1 heterocycles. The normalized spacial score (nSPS) is 15.8. The van der Waals surface area contributed by atoms with Crippen molar-refractivity contribution in [3.8, 4) is 16.9 Å². The summed E-state index contributed by atoms with van der Waals surface area (Å²) in [5.41, 5.74) is 3.09. The minimum Gasteiger partial charge on any atom is -0.490 e. The molecule has 0 spiro atoms. The second-order valence-electron chi connectivity index (χ2n) is 7.37. The number of carbonyl (C=O) groups is 1. The van der Waals surface area contributed by atoms with Gasteiger partial charge in [0.05, 0.1) is 0 Å². The summed E-state index contributed by atoms with van der Waals surface area (Å²) in [7, 11) is 2.16. The predicted octanol–water partition coefficient (Wildman–Crippen LogP) is 4.42. The summed E-state index contributed by atoms with van der Waals surface area (Å²) in [4.78, 5) is 14.1. The largest absolute Gasteiger partial charge is 0.490 e. The van der Waals surface area contributed by atoms with Gasteiger partial charge in [0.25, 0.3) is 0 Å². The van der Waals surface area contributed by atoms with E-state index in [0.717, 1.165) is 48.5 Å². The van der Waals surface area contributed by atoms with Gasteiger partial charge >= 0.3 is 0 Å². The molecule has 1 aliphatic rings. The average molecular weight is 352 g/mol. The maximum atomic E-state index is 11.8. The van der Waals surface area contributed by atoms with Crippen LogP contribution in [0.2, 0.25) is 0 Å². The highest BCUT2D eigenvalue weighted by Gasteiger charge is 2.17. The minimum atomic E-state index is -0.0215. The second kappa shape index (κ2) is 8.37. The first-order valence-corrected chi connectivity index (χ1v) is 9.38. The van der Waals surface area contributed by atoms with Gasteiger partial charge in [0.2, 0.25) is 5.91 Å². The molecule has 0 aliphatic carbocycles. The number of rotatable bonds is 5. The number of amides is 1. The van der Waals surface area contributed by atoms with Gasteiger partial charge in [-0.3, -0.25) is 4.79 Å². The Morgan fingerprint density at radius 2 is 1.54 bits per heavy atom. The Balaban J connectivity index is 1.60. The number of carbonyl (C=O) groups excluding carboxylic acids is 1. The van der Waals surface area contributed by atoms with Gasteiger partial charge in [0.1, 0.15) is 11.9 Å². The van der Waals surface area contributed by atoms with E-state index in [1.54, 1.807) is 0 Å². The van der Waals surface area contributed by atoms with Gasteiger partial charge in [0.15, 0.2) is 0 Å². The van der Waals surface area contributed by atoms with Crippen molar-refractivity contribution in [3.63, 3.8) is 0 Å². The van der Waals surface area contributed by atoms with Crippen LogP contribution in [0.15, 0.2) is 48.5 Å². The van der Waals surface area contributed by atoms with Crippen LogP contribution >= 0.6 is 0 Å². The molecule has 0 bridgehead atoms. The Labute approximate surface area is 156 Å². The Bertz CT molecular complexity index is 715. The fraction of sp³-hybridized carbons (Fsp3) is 0.409. The molecule has 1 fully saturated rings. The fourth-order valence-corrected chi connectivity index (χ4v) is 3.05. The highest BCUT2D eigenvalue weighted by molar-refractivity contribution is 5.92. The predicted molar refractivity (Wildman–Crippen MR) is 106 cm³/mol. The third kappa shape index (κ3) is 4.85. The number of anilines is 1. The van der Waals surface area contributed by atoms with Crippen LogP contribution in [-0.2, 0) is 4.79 Å². The first-order valence-electron chi connectivity index (χ1n) is 9.38. The summed E-state index contributed by atoms with van der Waals surface area (Å²) >= 11 is 0. The smallest absolute Gasteiger partial charge is 0.226 e. The lowest BCUT2D eigenvalue weighted by Gasteiger charge is -2.29. The van der Waals surface area contributed by atoms with Crippen LogP contribution in [-0.4, -0.2) is 37.0 Å². The number of piperidine rings is 1. The molecule has 138 valence electrons. The first-order chi connectivity index (χ1) is 12.5. The monoisotopic (exact) mass is 352 g/mol. The van der Waals surface area contributed by atoms with E-state index in [1.807, 2.05) is 50.2 Å². The van der Waals surface area contributed by atoms with Crippen LogP contribution in [0, 0.1) is 5.92 Å². The van der Waals surface area contributed by atoms with Crippen molar-refractivity contribution in [2.75, 3.05) is 25.5 Å². The van der Waals surface area contributed by atoms with Crippen molar-refractivity contribution in [3.05, 3.63) is 48.5 Å². The van der Waals surface area contributed by atoms with Crippen molar-refractivity contribution < 1.29 is 9.53 Å². The van der Waals surface area contributed by atoms with Gasteiger partial charge < -0.3 is 15.0 Å². The third-order valence-electron chi connectivity index (χ3n) is 4.83. The van der Waals surface area contributed by atoms with Gasteiger partial charge in [0, 0.05) is 24.7 Å². The second-order valence-corrected chi connectivity index (χ2v) is 7.37. The molecule has 0 aromatic heterocycles. The van der Waals surface area contributed by atoms with Crippen molar-refractivity contribution in [1.29, 1.82) is 0 Å². The average Bonchev–Trinajstić information content (AvgIpc) is 2.65. The topological polar surface area (TPSA) is 41.6 Å². The number of benzene rings is 2. The van der Waals surface area contributed by atoms with Gasteiger partial charge in [-0.15, -0.1) is 0 Å². The molecule has 4 nitrogen and oxygen atoms in total. The number of hydrogen-bond acceptors (Lipinski definition) is 3. The number of ether oxygens (including phenoxy) is 1. The zero-order valence-corrected chi connectivity index (χ0v) is 15.9. The molecule has 26 heavy (non-hydrogen) atoms. The first kappa shape index (κ1) is 18.5. The molecular weight excluding hydrogens is 324 g/mol. The quantitative estimate of drug-likeness (QED) is 0.866. The van der Waals surface area contributed by atoms with Crippen LogP contribution in [0.4, 0.5) is 5.69 Å². The van der Waals surface area contributed by atoms with E-state index in [4.69, 9.17) is 4.74 Å². The molecule has 2 aromatic carbocycles. The van der Waals surface area contributed by atoms with Gasteiger partial charge in [-0.1, -0.05) is 38.1 Å². The summed E-state index contributed by atoms with van der Waals surface area (Å²) in [5.74, 6) is 0.948. The highest BCUT2D eigenvalue weighted by atomic mass is 16.5. The molecule has 4 heteroatoms. The van der Waals surface area contributed by atoms with Crippen LogP contribution in [0.25, 0.3) is 11.1 Å². The Kier molecular flexibility index (Phi) is 5.94. The Hall–Kier alpha value is -2.33. The molecule has 0 unspecified atom stereocenters. The van der Waals surface area contributed by atoms with Crippen LogP contribution < -0.4 is 10.1 Å². The lowest BCUT2D eigenvalue weighted by atomic mass is 10.0. The molecule has 1 aliphatic heterocycles. The van der Waals surface area contributed by atoms with Gasteiger partial charge in [-0.25, -0.2) is 0 Å². The number of hydrogen-bond donors (Lipinski definition) is 1. The molecule has 0 radical (unpaired) electrons. The molecular formula is C22H28N2O2. The molecule has 3 rings (SSSR count). The van der Waals surface area contributed by atoms with Crippen LogP contribution in [0.1, 0.15) is 26.7 Å². The summed E-state index contributed by atoms with van der Waals surface area (Å²) < 4.78 is 6.11. The van der Waals surface area contributed by atoms with E-state index < -0.39 is 0 Å². The summed E-state index contributed by atoms with van der Waals surface area (Å²) in [6.45, 7) is 5.97. The SMILES string of the molecule is CC(C)C(=O)Nc1ccc(-c2ccc(OC3CCN(C)CC3)cc2)cc1. The molecule has 1 saturated heterocycles. The summed E-state index contributed by atoms with van der Waals surface area (Å²) in [5, 5.41) is 2.92. The molecule has 1 N–H and O–H groups in total. The lowest BCUT2D eigenvalue weighted by molar-refractivity contribution is -0.118. The van der Waals surface area contributed by atoms with E-state index in [2.05, 4.69) is 29.4 Å². The maximum Gasteiger partial charge on any atom is 0.226 e. The van der Waals surface area contributed by atoms with E-state index >= 15 is 0 Å². The molecule has 1 amide bonds. The molecule has 0 saturated carbocycles. The van der Waals surface area contributed by atoms with Crippen LogP contribution in [0.5, 0.6) is 5.75 Å². The van der Waals surface area contributed by atoms with Crippen LogP contribution in [0.3, 0.4) is 0 Å². The molecule has 0 atom stereocenters. The van der Waals surface area contributed by atoms with E-state index in [1.165, 1.54) is 0 Å². The van der Waals surface area contributed by atoms with E-state index in [-0.39, 0.29) is 11.8 Å². The van der Waals surface area contributed by atoms with Crippen molar-refractivity contribution in [2.45, 2.75) is 32.8 Å². The van der Waals surface area contributed by atoms with Crippen molar-refractivity contribution >= 4 is 11.6 Å². The zero-order chi connectivity index (χ0) is 18.5. The standard InChI is InChI=1S/C22H28N2O2/c1-16(2)22(25)23-19-8-4-17(5-9-19)18-6-10-20(11-7-18)26-21-12-14-24(3)15-13-21/h4-11,16,21H,12-15H2,1-3H3,(H,23,25). The van der Waals surface area contributed by atoms with Crippen molar-refractivity contribution in [1.82, 2.24) is 4.90 Å². The number of nitrogens with one attached hydrogen (secondary N) is 1. The summed E-state index contributed by atoms with van der Waals surface area (Å²) in [6, 6.07) is 16.2. The van der Waals surface area contributed by atoms with E-state index in [0.29, 0.717) is 6.10 Å².